The molecule has 0 heterocycles. The minimum absolute atomic E-state index is 0.444. The summed E-state index contributed by atoms with van der Waals surface area (Å²) < 4.78 is 5.43. The van der Waals surface area contributed by atoms with Crippen LogP contribution < -0.4 is 10.1 Å². The number of ether oxygens (including phenoxy) is 1. The molecule has 0 amide bonds. The summed E-state index contributed by atoms with van der Waals surface area (Å²) in [6.45, 7) is 10.2. The number of aryl methyl sites for hydroxylation is 1. The van der Waals surface area contributed by atoms with Crippen LogP contribution in [-0.2, 0) is 6.42 Å². The molecule has 3 heteroatoms. The number of rotatable bonds is 6. The van der Waals surface area contributed by atoms with Crippen LogP contribution in [0.3, 0.4) is 0 Å². The first-order valence-electron chi connectivity index (χ1n) is 8.12. The lowest BCUT2D eigenvalue weighted by Gasteiger charge is -2.36. The number of fused-ring (bicyclic) bond motifs is 1. The number of hydrogen-bond donors (Lipinski definition) is 1. The standard InChI is InChI=1S/C18H29NOS/c1-6-19-18-16-11-15(20-5)9-7-14(16)8-10-17(18)21-13(4)12(2)3/h7,9,11-13,17-19H,6,8,10H2,1-5H3. The van der Waals surface area contributed by atoms with E-state index in [1.54, 1.807) is 7.11 Å². The van der Waals surface area contributed by atoms with Crippen molar-refractivity contribution in [2.45, 2.75) is 57.1 Å². The first-order valence-corrected chi connectivity index (χ1v) is 9.06. The quantitative estimate of drug-likeness (QED) is 0.839. The molecule has 1 N–H and O–H groups in total. The van der Waals surface area contributed by atoms with Crippen LogP contribution in [-0.4, -0.2) is 24.2 Å². The van der Waals surface area contributed by atoms with Crippen LogP contribution in [0.1, 0.15) is 51.3 Å². The predicted octanol–water partition coefficient (Wildman–Crippen LogP) is 4.44. The Morgan fingerprint density at radius 3 is 2.71 bits per heavy atom. The Morgan fingerprint density at radius 1 is 1.33 bits per heavy atom. The van der Waals surface area contributed by atoms with Crippen LogP contribution in [0.25, 0.3) is 0 Å². The molecular formula is C18H29NOS. The van der Waals surface area contributed by atoms with Crippen molar-refractivity contribution in [1.82, 2.24) is 5.32 Å². The van der Waals surface area contributed by atoms with E-state index in [2.05, 4.69) is 63.0 Å². The average Bonchev–Trinajstić information content (AvgIpc) is 2.48. The number of benzene rings is 1. The summed E-state index contributed by atoms with van der Waals surface area (Å²) >= 11 is 2.15. The monoisotopic (exact) mass is 307 g/mol. The van der Waals surface area contributed by atoms with Crippen molar-refractivity contribution in [3.05, 3.63) is 29.3 Å². The molecule has 0 spiro atoms. The predicted molar refractivity (Wildman–Crippen MR) is 93.4 cm³/mol. The number of nitrogens with one attached hydrogen (secondary N) is 1. The summed E-state index contributed by atoms with van der Waals surface area (Å²) in [6, 6.07) is 7.01. The van der Waals surface area contributed by atoms with E-state index in [0.29, 0.717) is 16.5 Å². The maximum Gasteiger partial charge on any atom is 0.119 e. The van der Waals surface area contributed by atoms with Crippen molar-refractivity contribution < 1.29 is 4.74 Å². The third-order valence-electron chi connectivity index (χ3n) is 4.51. The highest BCUT2D eigenvalue weighted by molar-refractivity contribution is 8.00. The largest absolute Gasteiger partial charge is 0.497 e. The van der Waals surface area contributed by atoms with Crippen molar-refractivity contribution in [3.8, 4) is 5.75 Å². The van der Waals surface area contributed by atoms with Gasteiger partial charge in [-0.2, -0.15) is 11.8 Å². The van der Waals surface area contributed by atoms with Gasteiger partial charge in [-0.05, 0) is 48.6 Å². The normalized spacial score (nSPS) is 23.0. The zero-order chi connectivity index (χ0) is 15.4. The molecule has 21 heavy (non-hydrogen) atoms. The molecular weight excluding hydrogens is 278 g/mol. The summed E-state index contributed by atoms with van der Waals surface area (Å²) in [5, 5.41) is 5.06. The van der Waals surface area contributed by atoms with Crippen LogP contribution in [0.2, 0.25) is 0 Å². The van der Waals surface area contributed by atoms with Crippen LogP contribution in [0, 0.1) is 5.92 Å². The van der Waals surface area contributed by atoms with E-state index in [1.807, 2.05) is 0 Å². The van der Waals surface area contributed by atoms with Gasteiger partial charge in [-0.1, -0.05) is 33.8 Å². The van der Waals surface area contributed by atoms with Crippen molar-refractivity contribution in [2.24, 2.45) is 5.92 Å². The summed E-state index contributed by atoms with van der Waals surface area (Å²) in [5.41, 5.74) is 2.92. The molecule has 3 atom stereocenters. The molecule has 3 unspecified atom stereocenters. The molecule has 0 saturated carbocycles. The van der Waals surface area contributed by atoms with Gasteiger partial charge in [0.2, 0.25) is 0 Å². The third kappa shape index (κ3) is 3.95. The number of methoxy groups -OCH3 is 1. The topological polar surface area (TPSA) is 21.3 Å². The van der Waals surface area contributed by atoms with Crippen LogP contribution in [0.15, 0.2) is 18.2 Å². The maximum atomic E-state index is 5.43. The van der Waals surface area contributed by atoms with Crippen molar-refractivity contribution in [1.29, 1.82) is 0 Å². The van der Waals surface area contributed by atoms with Gasteiger partial charge in [0.15, 0.2) is 0 Å². The van der Waals surface area contributed by atoms with E-state index < -0.39 is 0 Å². The lowest BCUT2D eigenvalue weighted by atomic mass is 9.87. The van der Waals surface area contributed by atoms with Gasteiger partial charge in [0.25, 0.3) is 0 Å². The van der Waals surface area contributed by atoms with Crippen LogP contribution in [0.4, 0.5) is 0 Å². The van der Waals surface area contributed by atoms with Gasteiger partial charge in [-0.25, -0.2) is 0 Å². The van der Waals surface area contributed by atoms with Gasteiger partial charge in [-0.3, -0.25) is 0 Å². The highest BCUT2D eigenvalue weighted by atomic mass is 32.2. The molecule has 1 aliphatic rings. The first-order chi connectivity index (χ1) is 10.1. The lowest BCUT2D eigenvalue weighted by molar-refractivity contribution is 0.410. The molecule has 0 aliphatic heterocycles. The summed E-state index contributed by atoms with van der Waals surface area (Å²) in [6.07, 6.45) is 2.45. The average molecular weight is 308 g/mol. The van der Waals surface area contributed by atoms with Gasteiger partial charge in [-0.15, -0.1) is 0 Å². The Balaban J connectivity index is 2.24. The van der Waals surface area contributed by atoms with Crippen molar-refractivity contribution in [3.63, 3.8) is 0 Å². The van der Waals surface area contributed by atoms with Gasteiger partial charge in [0.1, 0.15) is 5.75 Å². The van der Waals surface area contributed by atoms with Gasteiger partial charge in [0.05, 0.1) is 7.11 Å². The summed E-state index contributed by atoms with van der Waals surface area (Å²) in [5.74, 6) is 1.70. The molecule has 0 fully saturated rings. The fraction of sp³-hybridized carbons (Fsp3) is 0.667. The van der Waals surface area contributed by atoms with Crippen LogP contribution >= 0.6 is 11.8 Å². The SMILES string of the molecule is CCNC1c2cc(OC)ccc2CCC1SC(C)C(C)C. The second-order valence-corrected chi connectivity index (χ2v) is 7.88. The fourth-order valence-corrected chi connectivity index (χ4v) is 4.44. The van der Waals surface area contributed by atoms with Crippen molar-refractivity contribution in [2.75, 3.05) is 13.7 Å². The fourth-order valence-electron chi connectivity index (χ4n) is 2.92. The zero-order valence-electron chi connectivity index (χ0n) is 14.0. The zero-order valence-corrected chi connectivity index (χ0v) is 14.8. The Hall–Kier alpha value is -0.670. The molecule has 1 aromatic carbocycles. The minimum Gasteiger partial charge on any atom is -0.497 e. The van der Waals surface area contributed by atoms with Crippen LogP contribution in [0.5, 0.6) is 5.75 Å². The molecule has 0 aromatic heterocycles. The first kappa shape index (κ1) is 16.7. The van der Waals surface area contributed by atoms with Crippen molar-refractivity contribution >= 4 is 11.8 Å². The van der Waals surface area contributed by atoms with Gasteiger partial charge in [0, 0.05) is 16.5 Å². The Morgan fingerprint density at radius 2 is 2.10 bits per heavy atom. The molecule has 2 nitrogen and oxygen atoms in total. The number of thioether (sulfide) groups is 1. The highest BCUT2D eigenvalue weighted by Gasteiger charge is 2.31. The molecule has 1 aliphatic carbocycles. The minimum atomic E-state index is 0.444. The molecule has 0 bridgehead atoms. The molecule has 2 rings (SSSR count). The van der Waals surface area contributed by atoms with Gasteiger partial charge < -0.3 is 10.1 Å². The second-order valence-electron chi connectivity index (χ2n) is 6.26. The second kappa shape index (κ2) is 7.55. The third-order valence-corrected chi connectivity index (χ3v) is 6.34. The van der Waals surface area contributed by atoms with E-state index in [1.165, 1.54) is 24.0 Å². The van der Waals surface area contributed by atoms with E-state index in [4.69, 9.17) is 4.74 Å². The highest BCUT2D eigenvalue weighted by Crippen LogP contribution is 2.41. The molecule has 1 aromatic rings. The Kier molecular flexibility index (Phi) is 6.00. The molecule has 0 radical (unpaired) electrons. The van der Waals surface area contributed by atoms with E-state index in [9.17, 15) is 0 Å². The summed E-state index contributed by atoms with van der Waals surface area (Å²) in [7, 11) is 1.75. The lowest BCUT2D eigenvalue weighted by Crippen LogP contribution is -2.35. The van der Waals surface area contributed by atoms with E-state index in [0.717, 1.165) is 18.2 Å². The van der Waals surface area contributed by atoms with E-state index in [-0.39, 0.29) is 0 Å². The molecule has 0 saturated heterocycles. The number of hydrogen-bond acceptors (Lipinski definition) is 3. The maximum absolute atomic E-state index is 5.43. The Bertz CT molecular complexity index is 461. The Labute approximate surface area is 134 Å². The smallest absolute Gasteiger partial charge is 0.119 e. The summed E-state index contributed by atoms with van der Waals surface area (Å²) in [4.78, 5) is 0. The van der Waals surface area contributed by atoms with Gasteiger partial charge >= 0.3 is 0 Å². The molecule has 118 valence electrons. The van der Waals surface area contributed by atoms with E-state index >= 15 is 0 Å².